The second kappa shape index (κ2) is 8.56. The van der Waals surface area contributed by atoms with Gasteiger partial charge in [0.15, 0.2) is 5.57 Å². The Morgan fingerprint density at radius 1 is 1.30 bits per heavy atom. The molecule has 0 radical (unpaired) electrons. The number of ether oxygens (including phenoxy) is 3. The van der Waals surface area contributed by atoms with Gasteiger partial charge in [-0.1, -0.05) is 0 Å². The Morgan fingerprint density at radius 2 is 2.00 bits per heavy atom. The molecule has 0 aromatic heterocycles. The number of benzene rings is 1. The number of carbonyl (C=O) groups is 1. The van der Waals surface area contributed by atoms with E-state index in [0.29, 0.717) is 0 Å². The Morgan fingerprint density at radius 3 is 2.55 bits per heavy atom. The van der Waals surface area contributed by atoms with Gasteiger partial charge in [-0.15, -0.1) is 0 Å². The summed E-state index contributed by atoms with van der Waals surface area (Å²) in [7, 11) is 3.08. The van der Waals surface area contributed by atoms with Gasteiger partial charge in [0, 0.05) is 19.0 Å². The number of hydrogen-bond donors (Lipinski definition) is 1. The van der Waals surface area contributed by atoms with E-state index in [9.17, 15) is 4.79 Å². The van der Waals surface area contributed by atoms with E-state index >= 15 is 0 Å². The van der Waals surface area contributed by atoms with Gasteiger partial charge < -0.3 is 19.5 Å². The maximum absolute atomic E-state index is 11.5. The molecule has 6 heteroatoms. The number of hydrogen-bond acceptors (Lipinski definition) is 6. The predicted octanol–water partition coefficient (Wildman–Crippen LogP) is 1.70. The lowest BCUT2D eigenvalue weighted by atomic mass is 10.3. The van der Waals surface area contributed by atoms with Crippen molar-refractivity contribution in [3.8, 4) is 11.8 Å². The molecule has 20 heavy (non-hydrogen) atoms. The Labute approximate surface area is 117 Å². The molecule has 0 saturated carbocycles. The number of carbonyl (C=O) groups excluding carboxylic acids is 1. The molecule has 0 aliphatic carbocycles. The molecule has 6 nitrogen and oxygen atoms in total. The summed E-state index contributed by atoms with van der Waals surface area (Å²) in [6, 6.07) is 8.84. The fourth-order valence-electron chi connectivity index (χ4n) is 1.28. The van der Waals surface area contributed by atoms with Crippen molar-refractivity contribution >= 4 is 11.7 Å². The molecule has 1 N–H and O–H groups in total. The molecule has 0 aliphatic rings. The molecule has 0 bridgehead atoms. The summed E-state index contributed by atoms with van der Waals surface area (Å²) in [5, 5.41) is 11.7. The fraction of sp³-hybridized carbons (Fsp3) is 0.286. The van der Waals surface area contributed by atoms with Crippen LogP contribution in [0.5, 0.6) is 5.75 Å². The zero-order valence-corrected chi connectivity index (χ0v) is 11.4. The van der Waals surface area contributed by atoms with E-state index in [-0.39, 0.29) is 18.8 Å². The SMILES string of the molecule is COCCOC(=O)/C(C#N)=C/Nc1ccc(OC)cc1. The van der Waals surface area contributed by atoms with Crippen LogP contribution in [0.2, 0.25) is 0 Å². The lowest BCUT2D eigenvalue weighted by molar-refractivity contribution is -0.139. The van der Waals surface area contributed by atoms with Crippen LogP contribution < -0.4 is 10.1 Å². The minimum Gasteiger partial charge on any atom is -0.497 e. The van der Waals surface area contributed by atoms with E-state index in [1.807, 2.05) is 0 Å². The van der Waals surface area contributed by atoms with Crippen LogP contribution in [-0.2, 0) is 14.3 Å². The van der Waals surface area contributed by atoms with Crippen LogP contribution in [0.25, 0.3) is 0 Å². The first-order valence-corrected chi connectivity index (χ1v) is 5.88. The number of nitrogens with zero attached hydrogens (tertiary/aromatic N) is 1. The Kier molecular flexibility index (Phi) is 6.65. The molecule has 0 unspecified atom stereocenters. The van der Waals surface area contributed by atoms with Crippen LogP contribution in [0.1, 0.15) is 0 Å². The standard InChI is InChI=1S/C14H16N2O4/c1-18-7-8-20-14(17)11(9-15)10-16-12-3-5-13(19-2)6-4-12/h3-6,10,16H,7-8H2,1-2H3/b11-10+. The predicted molar refractivity (Wildman–Crippen MR) is 73.1 cm³/mol. The lowest BCUT2D eigenvalue weighted by Crippen LogP contribution is -2.12. The summed E-state index contributed by atoms with van der Waals surface area (Å²) < 4.78 is 14.6. The van der Waals surface area contributed by atoms with Gasteiger partial charge >= 0.3 is 5.97 Å². The van der Waals surface area contributed by atoms with Crippen LogP contribution in [0.3, 0.4) is 0 Å². The highest BCUT2D eigenvalue weighted by Crippen LogP contribution is 2.15. The maximum atomic E-state index is 11.5. The minimum atomic E-state index is -0.689. The minimum absolute atomic E-state index is 0.108. The summed E-state index contributed by atoms with van der Waals surface area (Å²) >= 11 is 0. The number of anilines is 1. The van der Waals surface area contributed by atoms with Crippen LogP contribution in [0, 0.1) is 11.3 Å². The summed E-state index contributed by atoms with van der Waals surface area (Å²) in [6.45, 7) is 0.396. The third kappa shape index (κ3) is 5.00. The molecule has 0 atom stereocenters. The first kappa shape index (κ1) is 15.5. The van der Waals surface area contributed by atoms with Crippen molar-refractivity contribution < 1.29 is 19.0 Å². The number of methoxy groups -OCH3 is 2. The van der Waals surface area contributed by atoms with Gasteiger partial charge in [0.1, 0.15) is 18.4 Å². The van der Waals surface area contributed by atoms with Crippen molar-refractivity contribution in [2.75, 3.05) is 32.8 Å². The summed E-state index contributed by atoms with van der Waals surface area (Å²) in [5.41, 5.74) is 0.611. The van der Waals surface area contributed by atoms with E-state index in [1.165, 1.54) is 13.3 Å². The van der Waals surface area contributed by atoms with Crippen molar-refractivity contribution in [2.24, 2.45) is 0 Å². The molecule has 0 saturated heterocycles. The lowest BCUT2D eigenvalue weighted by Gasteiger charge is -2.05. The molecular weight excluding hydrogens is 260 g/mol. The van der Waals surface area contributed by atoms with Gasteiger partial charge in [-0.3, -0.25) is 0 Å². The summed E-state index contributed by atoms with van der Waals surface area (Å²) in [5.74, 6) is 0.0320. The van der Waals surface area contributed by atoms with E-state index in [4.69, 9.17) is 19.5 Å². The van der Waals surface area contributed by atoms with E-state index in [2.05, 4.69) is 5.32 Å². The molecule has 0 heterocycles. The van der Waals surface area contributed by atoms with Gasteiger partial charge in [0.05, 0.1) is 13.7 Å². The van der Waals surface area contributed by atoms with Gasteiger partial charge in [0.25, 0.3) is 0 Å². The van der Waals surface area contributed by atoms with Crippen LogP contribution in [0.4, 0.5) is 5.69 Å². The number of rotatable bonds is 7. The highest BCUT2D eigenvalue weighted by Gasteiger charge is 2.09. The van der Waals surface area contributed by atoms with E-state index in [1.54, 1.807) is 37.4 Å². The van der Waals surface area contributed by atoms with Crippen molar-refractivity contribution in [3.63, 3.8) is 0 Å². The smallest absolute Gasteiger partial charge is 0.350 e. The van der Waals surface area contributed by atoms with Crippen molar-refractivity contribution in [2.45, 2.75) is 0 Å². The van der Waals surface area contributed by atoms with E-state index in [0.717, 1.165) is 11.4 Å². The number of esters is 1. The van der Waals surface area contributed by atoms with Gasteiger partial charge in [-0.2, -0.15) is 5.26 Å². The topological polar surface area (TPSA) is 80.6 Å². The molecule has 1 aromatic carbocycles. The average molecular weight is 276 g/mol. The highest BCUT2D eigenvalue weighted by molar-refractivity contribution is 5.93. The summed E-state index contributed by atoms with van der Waals surface area (Å²) in [4.78, 5) is 11.5. The highest BCUT2D eigenvalue weighted by atomic mass is 16.6. The van der Waals surface area contributed by atoms with Gasteiger partial charge in [-0.05, 0) is 24.3 Å². The molecule has 1 rings (SSSR count). The second-order valence-corrected chi connectivity index (χ2v) is 3.67. The molecule has 106 valence electrons. The van der Waals surface area contributed by atoms with Gasteiger partial charge in [0.2, 0.25) is 0 Å². The maximum Gasteiger partial charge on any atom is 0.350 e. The number of nitrogens with one attached hydrogen (secondary N) is 1. The zero-order chi connectivity index (χ0) is 14.8. The third-order valence-corrected chi connectivity index (χ3v) is 2.33. The first-order chi connectivity index (χ1) is 9.71. The van der Waals surface area contributed by atoms with Crippen molar-refractivity contribution in [1.82, 2.24) is 0 Å². The monoisotopic (exact) mass is 276 g/mol. The molecular formula is C14H16N2O4. The Balaban J connectivity index is 2.60. The molecule has 1 aromatic rings. The van der Waals surface area contributed by atoms with Gasteiger partial charge in [-0.25, -0.2) is 4.79 Å². The second-order valence-electron chi connectivity index (χ2n) is 3.67. The van der Waals surface area contributed by atoms with Crippen molar-refractivity contribution in [3.05, 3.63) is 36.0 Å². The van der Waals surface area contributed by atoms with Crippen LogP contribution in [-0.4, -0.2) is 33.4 Å². The Bertz CT molecular complexity index is 503. The Hall–Kier alpha value is -2.52. The largest absolute Gasteiger partial charge is 0.497 e. The van der Waals surface area contributed by atoms with Crippen molar-refractivity contribution in [1.29, 1.82) is 5.26 Å². The first-order valence-electron chi connectivity index (χ1n) is 5.88. The fourth-order valence-corrected chi connectivity index (χ4v) is 1.28. The van der Waals surface area contributed by atoms with E-state index < -0.39 is 5.97 Å². The normalized spacial score (nSPS) is 10.6. The quantitative estimate of drug-likeness (QED) is 0.353. The van der Waals surface area contributed by atoms with Crippen LogP contribution >= 0.6 is 0 Å². The molecule has 0 fully saturated rings. The molecule has 0 aliphatic heterocycles. The molecule has 0 amide bonds. The average Bonchev–Trinajstić information content (AvgIpc) is 2.49. The number of nitriles is 1. The zero-order valence-electron chi connectivity index (χ0n) is 11.4. The van der Waals surface area contributed by atoms with Crippen LogP contribution in [0.15, 0.2) is 36.0 Å². The third-order valence-electron chi connectivity index (χ3n) is 2.33. The summed E-state index contributed by atoms with van der Waals surface area (Å²) in [6.07, 6.45) is 1.30. The molecule has 0 spiro atoms.